The van der Waals surface area contributed by atoms with E-state index in [4.69, 9.17) is 4.98 Å². The Balaban J connectivity index is 1.82. The molecule has 1 atom stereocenters. The van der Waals surface area contributed by atoms with Crippen LogP contribution in [0.3, 0.4) is 0 Å². The SMILES string of the molecule is Cc1ccc(C=Cc2ccccc2P(c2ccccc2)c2ncccc2C)cc1. The Morgan fingerprint density at radius 1 is 0.690 bits per heavy atom. The molecule has 0 radical (unpaired) electrons. The quantitative estimate of drug-likeness (QED) is 0.316. The number of hydrogen-bond donors (Lipinski definition) is 0. The first-order chi connectivity index (χ1) is 14.2. The van der Waals surface area contributed by atoms with Crippen LogP contribution in [-0.4, -0.2) is 4.98 Å². The van der Waals surface area contributed by atoms with Gasteiger partial charge in [0.1, 0.15) is 0 Å². The molecular formula is C27H24NP. The van der Waals surface area contributed by atoms with Crippen molar-refractivity contribution >= 4 is 36.1 Å². The lowest BCUT2D eigenvalue weighted by molar-refractivity contribution is 1.33. The van der Waals surface area contributed by atoms with Gasteiger partial charge in [0.25, 0.3) is 0 Å². The van der Waals surface area contributed by atoms with E-state index in [9.17, 15) is 0 Å². The first-order valence-electron chi connectivity index (χ1n) is 9.83. The van der Waals surface area contributed by atoms with Crippen molar-refractivity contribution in [1.29, 1.82) is 0 Å². The Hall–Kier alpha value is -3.02. The second-order valence-corrected chi connectivity index (χ2v) is 9.21. The van der Waals surface area contributed by atoms with Crippen molar-refractivity contribution in [2.45, 2.75) is 13.8 Å². The summed E-state index contributed by atoms with van der Waals surface area (Å²) in [6.07, 6.45) is 6.34. The molecule has 0 spiro atoms. The average molecular weight is 393 g/mol. The van der Waals surface area contributed by atoms with Gasteiger partial charge in [0, 0.05) is 14.1 Å². The predicted octanol–water partition coefficient (Wildman–Crippen LogP) is 5.63. The molecule has 0 bridgehead atoms. The zero-order chi connectivity index (χ0) is 20.1. The maximum absolute atomic E-state index is 4.81. The van der Waals surface area contributed by atoms with E-state index in [1.807, 2.05) is 12.3 Å². The highest BCUT2D eigenvalue weighted by atomic mass is 31.1. The molecule has 4 rings (SSSR count). The van der Waals surface area contributed by atoms with Crippen LogP contribution in [0.25, 0.3) is 12.2 Å². The molecule has 0 fully saturated rings. The number of aryl methyl sites for hydroxylation is 2. The molecule has 1 unspecified atom stereocenters. The lowest BCUT2D eigenvalue weighted by atomic mass is 10.1. The molecular weight excluding hydrogens is 369 g/mol. The number of benzene rings is 3. The summed E-state index contributed by atoms with van der Waals surface area (Å²) in [5.41, 5.74) is 6.14. The molecule has 1 nitrogen and oxygen atoms in total. The molecule has 1 heterocycles. The summed E-state index contributed by atoms with van der Waals surface area (Å²) < 4.78 is 0. The molecule has 2 heteroatoms. The van der Waals surface area contributed by atoms with E-state index in [1.54, 1.807) is 0 Å². The summed E-state index contributed by atoms with van der Waals surface area (Å²) in [7, 11) is -0.736. The van der Waals surface area contributed by atoms with Gasteiger partial charge in [-0.05, 0) is 47.2 Å². The van der Waals surface area contributed by atoms with E-state index >= 15 is 0 Å². The second kappa shape index (κ2) is 8.99. The summed E-state index contributed by atoms with van der Waals surface area (Å²) in [5.74, 6) is 0. The third-order valence-electron chi connectivity index (χ3n) is 4.92. The van der Waals surface area contributed by atoms with Gasteiger partial charge in [-0.15, -0.1) is 0 Å². The Kier molecular flexibility index (Phi) is 5.98. The minimum absolute atomic E-state index is 0.736. The lowest BCUT2D eigenvalue weighted by Gasteiger charge is -2.21. The van der Waals surface area contributed by atoms with Gasteiger partial charge >= 0.3 is 0 Å². The van der Waals surface area contributed by atoms with E-state index in [2.05, 4.69) is 111 Å². The normalized spacial score (nSPS) is 12.2. The fourth-order valence-electron chi connectivity index (χ4n) is 3.36. The molecule has 0 aliphatic rings. The van der Waals surface area contributed by atoms with Crippen LogP contribution in [0.15, 0.2) is 97.2 Å². The van der Waals surface area contributed by atoms with Crippen molar-refractivity contribution in [3.05, 3.63) is 119 Å². The highest BCUT2D eigenvalue weighted by Crippen LogP contribution is 2.34. The molecule has 1 aromatic heterocycles. The third kappa shape index (κ3) is 4.53. The van der Waals surface area contributed by atoms with Gasteiger partial charge in [0.05, 0.1) is 5.44 Å². The Morgan fingerprint density at radius 3 is 2.17 bits per heavy atom. The van der Waals surface area contributed by atoms with Crippen LogP contribution in [0.2, 0.25) is 0 Å². The maximum atomic E-state index is 4.81. The monoisotopic (exact) mass is 393 g/mol. The highest BCUT2D eigenvalue weighted by Gasteiger charge is 2.21. The first-order valence-corrected chi connectivity index (χ1v) is 11.2. The highest BCUT2D eigenvalue weighted by molar-refractivity contribution is 7.79. The predicted molar refractivity (Wildman–Crippen MR) is 128 cm³/mol. The van der Waals surface area contributed by atoms with Crippen molar-refractivity contribution in [3.63, 3.8) is 0 Å². The van der Waals surface area contributed by atoms with Crippen molar-refractivity contribution in [1.82, 2.24) is 4.98 Å². The number of pyridine rings is 1. The van der Waals surface area contributed by atoms with E-state index < -0.39 is 7.92 Å². The van der Waals surface area contributed by atoms with Crippen LogP contribution in [0.1, 0.15) is 22.3 Å². The van der Waals surface area contributed by atoms with E-state index in [-0.39, 0.29) is 0 Å². The summed E-state index contributed by atoms with van der Waals surface area (Å²) in [6, 6.07) is 32.3. The van der Waals surface area contributed by atoms with Crippen molar-refractivity contribution in [3.8, 4) is 0 Å². The van der Waals surface area contributed by atoms with Gasteiger partial charge in [0.2, 0.25) is 0 Å². The number of nitrogens with zero attached hydrogens (tertiary/aromatic N) is 1. The third-order valence-corrected chi connectivity index (χ3v) is 7.51. The minimum Gasteiger partial charge on any atom is -0.256 e. The van der Waals surface area contributed by atoms with Gasteiger partial charge in [0.15, 0.2) is 0 Å². The lowest BCUT2D eigenvalue weighted by Crippen LogP contribution is -2.25. The Labute approximate surface area is 174 Å². The van der Waals surface area contributed by atoms with Crippen LogP contribution in [0.4, 0.5) is 0 Å². The second-order valence-electron chi connectivity index (χ2n) is 7.12. The Bertz CT molecular complexity index is 1110. The van der Waals surface area contributed by atoms with Crippen LogP contribution in [-0.2, 0) is 0 Å². The number of aromatic nitrogens is 1. The summed E-state index contributed by atoms with van der Waals surface area (Å²) >= 11 is 0. The smallest absolute Gasteiger partial charge is 0.0750 e. The van der Waals surface area contributed by atoms with Gasteiger partial charge in [-0.1, -0.05) is 103 Å². The van der Waals surface area contributed by atoms with Crippen molar-refractivity contribution in [2.24, 2.45) is 0 Å². The van der Waals surface area contributed by atoms with Gasteiger partial charge in [-0.3, -0.25) is 4.98 Å². The average Bonchev–Trinajstić information content (AvgIpc) is 2.76. The van der Waals surface area contributed by atoms with Crippen LogP contribution >= 0.6 is 7.92 Å². The van der Waals surface area contributed by atoms with Crippen LogP contribution in [0, 0.1) is 13.8 Å². The standard InChI is InChI=1S/C27H24NP/c1-21-14-16-23(17-15-21)18-19-24-10-6-7-13-26(24)29(25-11-4-3-5-12-25)27-22(2)9-8-20-28-27/h3-20H,1-2H3. The summed E-state index contributed by atoms with van der Waals surface area (Å²) in [5, 5.41) is 2.65. The fraction of sp³-hybridized carbons (Fsp3) is 0.0741. The molecule has 0 N–H and O–H groups in total. The Morgan fingerprint density at radius 2 is 1.41 bits per heavy atom. The minimum atomic E-state index is -0.736. The van der Waals surface area contributed by atoms with Gasteiger partial charge < -0.3 is 0 Å². The van der Waals surface area contributed by atoms with E-state index in [0.717, 1.165) is 0 Å². The van der Waals surface area contributed by atoms with Crippen molar-refractivity contribution < 1.29 is 0 Å². The van der Waals surface area contributed by atoms with E-state index in [0.29, 0.717) is 0 Å². The van der Waals surface area contributed by atoms with Gasteiger partial charge in [-0.25, -0.2) is 0 Å². The van der Waals surface area contributed by atoms with Crippen LogP contribution < -0.4 is 16.0 Å². The van der Waals surface area contributed by atoms with Crippen LogP contribution in [0.5, 0.6) is 0 Å². The molecule has 0 aliphatic heterocycles. The number of hydrogen-bond acceptors (Lipinski definition) is 1. The number of rotatable bonds is 5. The molecule has 0 amide bonds. The molecule has 0 saturated heterocycles. The molecule has 142 valence electrons. The van der Waals surface area contributed by atoms with Crippen molar-refractivity contribution in [2.75, 3.05) is 0 Å². The molecule has 0 aliphatic carbocycles. The summed E-state index contributed by atoms with van der Waals surface area (Å²) in [6.45, 7) is 4.27. The topological polar surface area (TPSA) is 12.9 Å². The molecule has 3 aromatic carbocycles. The van der Waals surface area contributed by atoms with E-state index in [1.165, 1.54) is 38.3 Å². The zero-order valence-corrected chi connectivity index (χ0v) is 17.7. The molecule has 0 saturated carbocycles. The largest absolute Gasteiger partial charge is 0.256 e. The first kappa shape index (κ1) is 19.3. The maximum Gasteiger partial charge on any atom is 0.0750 e. The molecule has 29 heavy (non-hydrogen) atoms. The summed E-state index contributed by atoms with van der Waals surface area (Å²) in [4.78, 5) is 4.81. The molecule has 4 aromatic rings. The fourth-order valence-corrected chi connectivity index (χ4v) is 5.83. The van der Waals surface area contributed by atoms with Gasteiger partial charge in [-0.2, -0.15) is 0 Å². The zero-order valence-electron chi connectivity index (χ0n) is 16.8.